The van der Waals surface area contributed by atoms with Crippen LogP contribution in [0.4, 0.5) is 17.3 Å². The molecule has 34 heavy (non-hydrogen) atoms. The van der Waals surface area contributed by atoms with Crippen molar-refractivity contribution < 1.29 is 27.1 Å². The van der Waals surface area contributed by atoms with Crippen molar-refractivity contribution in [2.45, 2.75) is 18.7 Å². The zero-order valence-corrected chi connectivity index (χ0v) is 18.5. The van der Waals surface area contributed by atoms with Crippen LogP contribution in [0.2, 0.25) is 0 Å². The number of fused-ring (bicyclic) bond motifs is 1. The molecule has 0 aliphatic heterocycles. The Hall–Kier alpha value is -4.52. The molecule has 13 heteroatoms. The fourth-order valence-electron chi connectivity index (χ4n) is 2.99. The van der Waals surface area contributed by atoms with Gasteiger partial charge in [0.1, 0.15) is 11.1 Å². The molecule has 0 unspecified atom stereocenters. The number of carbonyl (C=O) groups excluding carboxylic acids is 1. The molecule has 0 aliphatic carbocycles. The Morgan fingerprint density at radius 3 is 2.41 bits per heavy atom. The molecule has 2 heterocycles. The first-order valence-electron chi connectivity index (χ1n) is 9.64. The topological polar surface area (TPSA) is 175 Å². The van der Waals surface area contributed by atoms with Crippen molar-refractivity contribution in [1.29, 1.82) is 0 Å². The molecule has 0 saturated heterocycles. The van der Waals surface area contributed by atoms with E-state index in [-0.39, 0.29) is 38.7 Å². The summed E-state index contributed by atoms with van der Waals surface area (Å²) in [6, 6.07) is 9.99. The van der Waals surface area contributed by atoms with Crippen molar-refractivity contribution in [2.24, 2.45) is 0 Å². The van der Waals surface area contributed by atoms with Gasteiger partial charge in [0.05, 0.1) is 15.5 Å². The highest BCUT2D eigenvalue weighted by molar-refractivity contribution is 7.92. The molecule has 1 amide bonds. The number of hydrogen-bond acceptors (Lipinski definition) is 9. The number of nitro groups is 1. The molecule has 0 aliphatic rings. The van der Waals surface area contributed by atoms with Gasteiger partial charge in [-0.25, -0.2) is 17.9 Å². The highest BCUT2D eigenvalue weighted by Crippen LogP contribution is 2.23. The van der Waals surface area contributed by atoms with E-state index in [2.05, 4.69) is 15.2 Å². The summed E-state index contributed by atoms with van der Waals surface area (Å²) in [6.45, 7) is 3.33. The van der Waals surface area contributed by atoms with Gasteiger partial charge in [0.15, 0.2) is 0 Å². The number of benzene rings is 2. The van der Waals surface area contributed by atoms with E-state index in [4.69, 9.17) is 8.94 Å². The van der Waals surface area contributed by atoms with Gasteiger partial charge in [-0.1, -0.05) is 5.16 Å². The molecule has 2 aromatic heterocycles. The monoisotopic (exact) mass is 484 g/mol. The highest BCUT2D eigenvalue weighted by atomic mass is 32.2. The number of aryl methyl sites for hydroxylation is 1. The SMILES string of the molecule is Cc1noc(NS(=O)(=O)c2ccc(NC(=O)c3cc4cc([N+](=O)[O-])ccc4oc3=O)cc2)c1C. The smallest absolute Gasteiger partial charge is 0.349 e. The molecule has 2 N–H and O–H groups in total. The minimum Gasteiger partial charge on any atom is -0.422 e. The molecule has 0 spiro atoms. The maximum atomic E-state index is 12.6. The number of amides is 1. The number of hydrogen-bond donors (Lipinski definition) is 2. The molecule has 4 aromatic rings. The van der Waals surface area contributed by atoms with Crippen LogP contribution in [-0.2, 0) is 10.0 Å². The zero-order valence-electron chi connectivity index (χ0n) is 17.7. The van der Waals surface area contributed by atoms with E-state index in [0.29, 0.717) is 11.3 Å². The van der Waals surface area contributed by atoms with Gasteiger partial charge in [0.25, 0.3) is 21.6 Å². The first-order valence-corrected chi connectivity index (χ1v) is 11.1. The largest absolute Gasteiger partial charge is 0.422 e. The van der Waals surface area contributed by atoms with E-state index < -0.39 is 26.5 Å². The average Bonchev–Trinajstić information content (AvgIpc) is 3.10. The number of anilines is 2. The van der Waals surface area contributed by atoms with E-state index in [1.165, 1.54) is 48.5 Å². The molecular weight excluding hydrogens is 468 g/mol. The van der Waals surface area contributed by atoms with Gasteiger partial charge in [-0.3, -0.25) is 14.9 Å². The first-order chi connectivity index (χ1) is 16.0. The van der Waals surface area contributed by atoms with Crippen molar-refractivity contribution in [3.05, 3.63) is 85.9 Å². The molecule has 0 atom stereocenters. The predicted octanol–water partition coefficient (Wildman–Crippen LogP) is 3.36. The lowest BCUT2D eigenvalue weighted by atomic mass is 10.1. The van der Waals surface area contributed by atoms with Crippen LogP contribution in [0.3, 0.4) is 0 Å². The Bertz CT molecular complexity index is 1600. The number of nitro benzene ring substituents is 1. The van der Waals surface area contributed by atoms with Crippen LogP contribution in [0.1, 0.15) is 21.6 Å². The van der Waals surface area contributed by atoms with Crippen LogP contribution in [-0.4, -0.2) is 24.4 Å². The van der Waals surface area contributed by atoms with Crippen molar-refractivity contribution in [3.63, 3.8) is 0 Å². The van der Waals surface area contributed by atoms with Crippen molar-refractivity contribution in [3.8, 4) is 0 Å². The minimum atomic E-state index is -3.98. The van der Waals surface area contributed by atoms with Crippen molar-refractivity contribution in [1.82, 2.24) is 5.16 Å². The lowest BCUT2D eigenvalue weighted by Crippen LogP contribution is -2.20. The summed E-state index contributed by atoms with van der Waals surface area (Å²) in [5, 5.41) is 17.3. The number of aromatic nitrogens is 1. The summed E-state index contributed by atoms with van der Waals surface area (Å²) < 4.78 is 37.5. The third-order valence-corrected chi connectivity index (χ3v) is 6.32. The number of non-ortho nitro benzene ring substituents is 1. The van der Waals surface area contributed by atoms with Crippen molar-refractivity contribution >= 4 is 44.2 Å². The van der Waals surface area contributed by atoms with E-state index in [0.717, 1.165) is 0 Å². The Morgan fingerprint density at radius 2 is 1.79 bits per heavy atom. The van der Waals surface area contributed by atoms with Crippen LogP contribution in [0.15, 0.2) is 67.2 Å². The van der Waals surface area contributed by atoms with Gasteiger partial charge in [0.2, 0.25) is 5.88 Å². The molecule has 12 nitrogen and oxygen atoms in total. The normalized spacial score (nSPS) is 11.4. The van der Waals surface area contributed by atoms with Gasteiger partial charge in [-0.15, -0.1) is 0 Å². The summed E-state index contributed by atoms with van der Waals surface area (Å²) in [4.78, 5) is 35.1. The standard InChI is InChI=1S/C21H16N4O8S/c1-11-12(2)23-33-20(11)24-34(30,31)16-6-3-14(4-7-16)22-19(26)17-10-13-9-15(25(28)29)5-8-18(13)32-21(17)27/h3-10,24H,1-2H3,(H,22,26). The number of sulfonamides is 1. The number of nitrogens with zero attached hydrogens (tertiary/aromatic N) is 2. The maximum Gasteiger partial charge on any atom is 0.349 e. The lowest BCUT2D eigenvalue weighted by molar-refractivity contribution is -0.384. The van der Waals surface area contributed by atoms with Gasteiger partial charge >= 0.3 is 5.63 Å². The Morgan fingerprint density at radius 1 is 1.09 bits per heavy atom. The summed E-state index contributed by atoms with van der Waals surface area (Å²) in [7, 11) is -3.98. The molecule has 0 saturated carbocycles. The fourth-order valence-corrected chi connectivity index (χ4v) is 4.04. The zero-order chi connectivity index (χ0) is 24.6. The van der Waals surface area contributed by atoms with E-state index >= 15 is 0 Å². The average molecular weight is 484 g/mol. The van der Waals surface area contributed by atoms with Gasteiger partial charge < -0.3 is 14.3 Å². The molecule has 0 bridgehead atoms. The third kappa shape index (κ3) is 4.36. The van der Waals surface area contributed by atoms with Crippen LogP contribution < -0.4 is 15.7 Å². The molecule has 0 radical (unpaired) electrons. The van der Waals surface area contributed by atoms with Gasteiger partial charge in [-0.05, 0) is 50.2 Å². The number of carbonyl (C=O) groups is 1. The Balaban J connectivity index is 1.55. The molecule has 174 valence electrons. The molecule has 4 rings (SSSR count). The number of nitrogens with one attached hydrogen (secondary N) is 2. The Kier molecular flexibility index (Phi) is 5.63. The molecule has 0 fully saturated rings. The Labute approximate surface area is 191 Å². The molecular formula is C21H16N4O8S. The highest BCUT2D eigenvalue weighted by Gasteiger charge is 2.20. The second-order valence-corrected chi connectivity index (χ2v) is 8.92. The van der Waals surface area contributed by atoms with Crippen LogP contribution >= 0.6 is 0 Å². The van der Waals surface area contributed by atoms with Crippen LogP contribution in [0, 0.1) is 24.0 Å². The minimum absolute atomic E-state index is 0.00172. The van der Waals surface area contributed by atoms with E-state index in [1.807, 2.05) is 0 Å². The quantitative estimate of drug-likeness (QED) is 0.236. The first kappa shape index (κ1) is 22.7. The van der Waals surface area contributed by atoms with Gasteiger partial charge in [-0.2, -0.15) is 0 Å². The summed E-state index contributed by atoms with van der Waals surface area (Å²) in [6.07, 6.45) is 0. The fraction of sp³-hybridized carbons (Fsp3) is 0.0952. The summed E-state index contributed by atoms with van der Waals surface area (Å²) >= 11 is 0. The second kappa shape index (κ2) is 8.44. The van der Waals surface area contributed by atoms with Gasteiger partial charge in [0, 0.05) is 28.8 Å². The van der Waals surface area contributed by atoms with E-state index in [9.17, 15) is 28.1 Å². The summed E-state index contributed by atoms with van der Waals surface area (Å²) in [5.41, 5.74) is -0.146. The second-order valence-electron chi connectivity index (χ2n) is 7.23. The van der Waals surface area contributed by atoms with Crippen molar-refractivity contribution in [2.75, 3.05) is 10.0 Å². The number of rotatable bonds is 6. The predicted molar refractivity (Wildman–Crippen MR) is 120 cm³/mol. The van der Waals surface area contributed by atoms with Crippen LogP contribution in [0.25, 0.3) is 11.0 Å². The maximum absolute atomic E-state index is 12.6. The lowest BCUT2D eigenvalue weighted by Gasteiger charge is -2.08. The molecule has 2 aromatic carbocycles. The third-order valence-electron chi connectivity index (χ3n) is 4.98. The van der Waals surface area contributed by atoms with Crippen LogP contribution in [0.5, 0.6) is 0 Å². The van der Waals surface area contributed by atoms with E-state index in [1.54, 1.807) is 13.8 Å². The summed E-state index contributed by atoms with van der Waals surface area (Å²) in [5.74, 6) is -0.832.